The van der Waals surface area contributed by atoms with Gasteiger partial charge in [0.15, 0.2) is 0 Å². The Morgan fingerprint density at radius 2 is 2.44 bits per heavy atom. The highest BCUT2D eigenvalue weighted by atomic mass is 35.5. The van der Waals surface area contributed by atoms with E-state index in [1.54, 1.807) is 11.8 Å². The van der Waals surface area contributed by atoms with Crippen LogP contribution >= 0.6 is 23.4 Å². The monoisotopic (exact) mass is 258 g/mol. The molecule has 3 N–H and O–H groups in total. The van der Waals surface area contributed by atoms with Crippen LogP contribution in [0.5, 0.6) is 0 Å². The van der Waals surface area contributed by atoms with Crippen molar-refractivity contribution in [3.8, 4) is 0 Å². The maximum absolute atomic E-state index is 6.08. The van der Waals surface area contributed by atoms with E-state index < -0.39 is 0 Å². The summed E-state index contributed by atoms with van der Waals surface area (Å²) in [5.74, 6) is 0.899. The minimum Gasteiger partial charge on any atom is -0.399 e. The summed E-state index contributed by atoms with van der Waals surface area (Å²) in [4.78, 5) is 1.02. The average Bonchev–Trinajstić information content (AvgIpc) is 2.32. The lowest BCUT2D eigenvalue weighted by atomic mass is 10.3. The predicted octanol–water partition coefficient (Wildman–Crippen LogP) is 2.00. The summed E-state index contributed by atoms with van der Waals surface area (Å²) in [7, 11) is 0. The molecule has 0 saturated carbocycles. The molecule has 1 aromatic rings. The summed E-state index contributed by atoms with van der Waals surface area (Å²) in [6, 6.07) is 5.55. The molecule has 2 rings (SSSR count). The minimum atomic E-state index is 0.260. The van der Waals surface area contributed by atoms with E-state index in [-0.39, 0.29) is 6.10 Å². The van der Waals surface area contributed by atoms with Gasteiger partial charge in [-0.15, -0.1) is 11.8 Å². The summed E-state index contributed by atoms with van der Waals surface area (Å²) in [5.41, 5.74) is 6.47. The third-order valence-corrected chi connectivity index (χ3v) is 4.01. The first-order chi connectivity index (χ1) is 7.75. The number of nitrogen functional groups attached to an aromatic ring is 1. The number of morpholine rings is 1. The molecule has 1 aromatic carbocycles. The SMILES string of the molecule is Nc1ccc(Cl)c(SCC2CNCCO2)c1. The molecule has 5 heteroatoms. The summed E-state index contributed by atoms with van der Waals surface area (Å²) >= 11 is 7.77. The van der Waals surface area contributed by atoms with Gasteiger partial charge in [-0.2, -0.15) is 0 Å². The number of thioether (sulfide) groups is 1. The van der Waals surface area contributed by atoms with Crippen LogP contribution in [-0.4, -0.2) is 31.6 Å². The number of hydrogen-bond donors (Lipinski definition) is 2. The maximum atomic E-state index is 6.08. The molecular weight excluding hydrogens is 244 g/mol. The topological polar surface area (TPSA) is 47.3 Å². The van der Waals surface area contributed by atoms with E-state index in [1.807, 2.05) is 18.2 Å². The second-order valence-electron chi connectivity index (χ2n) is 3.70. The van der Waals surface area contributed by atoms with Crippen molar-refractivity contribution in [3.63, 3.8) is 0 Å². The van der Waals surface area contributed by atoms with E-state index in [0.717, 1.165) is 41.1 Å². The molecule has 0 bridgehead atoms. The van der Waals surface area contributed by atoms with Gasteiger partial charge in [-0.3, -0.25) is 0 Å². The highest BCUT2D eigenvalue weighted by Crippen LogP contribution is 2.29. The van der Waals surface area contributed by atoms with E-state index in [2.05, 4.69) is 5.32 Å². The molecule has 1 aliphatic rings. The summed E-state index contributed by atoms with van der Waals surface area (Å²) < 4.78 is 5.61. The third-order valence-electron chi connectivity index (χ3n) is 2.38. The number of anilines is 1. The van der Waals surface area contributed by atoms with Crippen molar-refractivity contribution in [1.82, 2.24) is 5.32 Å². The zero-order valence-electron chi connectivity index (χ0n) is 8.91. The van der Waals surface area contributed by atoms with Crippen molar-refractivity contribution < 1.29 is 4.74 Å². The number of halogens is 1. The largest absolute Gasteiger partial charge is 0.399 e. The van der Waals surface area contributed by atoms with Crippen LogP contribution in [0, 0.1) is 0 Å². The quantitative estimate of drug-likeness (QED) is 0.643. The van der Waals surface area contributed by atoms with Gasteiger partial charge in [0.05, 0.1) is 17.7 Å². The van der Waals surface area contributed by atoms with Crippen molar-refractivity contribution in [2.75, 3.05) is 31.2 Å². The van der Waals surface area contributed by atoms with E-state index in [9.17, 15) is 0 Å². The van der Waals surface area contributed by atoms with Gasteiger partial charge in [-0.1, -0.05) is 11.6 Å². The molecule has 1 heterocycles. The number of hydrogen-bond acceptors (Lipinski definition) is 4. The van der Waals surface area contributed by atoms with Crippen molar-refractivity contribution in [1.29, 1.82) is 0 Å². The summed E-state index contributed by atoms with van der Waals surface area (Å²) in [6.45, 7) is 2.64. The van der Waals surface area contributed by atoms with Gasteiger partial charge < -0.3 is 15.8 Å². The Hall–Kier alpha value is -0.420. The van der Waals surface area contributed by atoms with Gasteiger partial charge in [0, 0.05) is 29.4 Å². The second kappa shape index (κ2) is 5.77. The van der Waals surface area contributed by atoms with E-state index >= 15 is 0 Å². The zero-order chi connectivity index (χ0) is 11.4. The van der Waals surface area contributed by atoms with Gasteiger partial charge in [-0.05, 0) is 18.2 Å². The van der Waals surface area contributed by atoms with Crippen LogP contribution in [0.4, 0.5) is 5.69 Å². The third kappa shape index (κ3) is 3.28. The number of rotatable bonds is 3. The Morgan fingerprint density at radius 1 is 1.56 bits per heavy atom. The van der Waals surface area contributed by atoms with Crippen molar-refractivity contribution in [2.24, 2.45) is 0 Å². The van der Waals surface area contributed by atoms with Gasteiger partial charge in [-0.25, -0.2) is 0 Å². The molecule has 1 fully saturated rings. The first kappa shape index (κ1) is 12.0. The van der Waals surface area contributed by atoms with Crippen molar-refractivity contribution >= 4 is 29.1 Å². The zero-order valence-corrected chi connectivity index (χ0v) is 10.5. The molecule has 1 aliphatic heterocycles. The fourth-order valence-corrected chi connectivity index (χ4v) is 2.83. The molecule has 1 unspecified atom stereocenters. The first-order valence-corrected chi connectivity index (χ1v) is 6.62. The van der Waals surface area contributed by atoms with E-state index in [0.29, 0.717) is 0 Å². The number of nitrogens with two attached hydrogens (primary N) is 1. The molecule has 3 nitrogen and oxygen atoms in total. The Balaban J connectivity index is 1.90. The molecule has 0 amide bonds. The molecular formula is C11H15ClN2OS. The Morgan fingerprint density at radius 3 is 3.19 bits per heavy atom. The lowest BCUT2D eigenvalue weighted by Gasteiger charge is -2.23. The van der Waals surface area contributed by atoms with Crippen LogP contribution in [0.3, 0.4) is 0 Å². The molecule has 0 radical (unpaired) electrons. The Labute approximate surface area is 105 Å². The molecule has 1 atom stereocenters. The first-order valence-electron chi connectivity index (χ1n) is 5.26. The molecule has 88 valence electrons. The molecule has 0 aromatic heterocycles. The Kier molecular flexibility index (Phi) is 4.35. The van der Waals surface area contributed by atoms with Crippen LogP contribution in [0.2, 0.25) is 5.02 Å². The molecule has 0 aliphatic carbocycles. The van der Waals surface area contributed by atoms with E-state index in [4.69, 9.17) is 22.1 Å². The molecule has 16 heavy (non-hydrogen) atoms. The maximum Gasteiger partial charge on any atom is 0.0793 e. The normalized spacial score (nSPS) is 20.9. The van der Waals surface area contributed by atoms with Gasteiger partial charge in [0.2, 0.25) is 0 Å². The van der Waals surface area contributed by atoms with Crippen LogP contribution in [0.25, 0.3) is 0 Å². The number of nitrogens with one attached hydrogen (secondary N) is 1. The van der Waals surface area contributed by atoms with E-state index in [1.165, 1.54) is 0 Å². The fourth-order valence-electron chi connectivity index (χ4n) is 1.54. The van der Waals surface area contributed by atoms with Gasteiger partial charge in [0.25, 0.3) is 0 Å². The molecule has 1 saturated heterocycles. The number of benzene rings is 1. The number of ether oxygens (including phenoxy) is 1. The standard InChI is InChI=1S/C11H15ClN2OS/c12-10-2-1-8(13)5-11(10)16-7-9-6-14-3-4-15-9/h1-2,5,9,14H,3-4,6-7,13H2. The summed E-state index contributed by atoms with van der Waals surface area (Å²) in [5, 5.41) is 4.05. The lowest BCUT2D eigenvalue weighted by molar-refractivity contribution is 0.0441. The van der Waals surface area contributed by atoms with Crippen molar-refractivity contribution in [2.45, 2.75) is 11.0 Å². The van der Waals surface area contributed by atoms with Crippen molar-refractivity contribution in [3.05, 3.63) is 23.2 Å². The predicted molar refractivity (Wildman–Crippen MR) is 69.2 cm³/mol. The van der Waals surface area contributed by atoms with Gasteiger partial charge >= 0.3 is 0 Å². The lowest BCUT2D eigenvalue weighted by Crippen LogP contribution is -2.39. The van der Waals surface area contributed by atoms with Crippen LogP contribution in [-0.2, 0) is 4.74 Å². The smallest absolute Gasteiger partial charge is 0.0793 e. The van der Waals surface area contributed by atoms with Crippen LogP contribution in [0.15, 0.2) is 23.1 Å². The summed E-state index contributed by atoms with van der Waals surface area (Å²) in [6.07, 6.45) is 0.260. The Bertz CT molecular complexity index is 356. The van der Waals surface area contributed by atoms with Gasteiger partial charge in [0.1, 0.15) is 0 Å². The highest BCUT2D eigenvalue weighted by molar-refractivity contribution is 7.99. The van der Waals surface area contributed by atoms with Crippen LogP contribution < -0.4 is 11.1 Å². The highest BCUT2D eigenvalue weighted by Gasteiger charge is 2.14. The minimum absolute atomic E-state index is 0.260. The average molecular weight is 259 g/mol. The molecule has 0 spiro atoms. The second-order valence-corrected chi connectivity index (χ2v) is 5.17. The fraction of sp³-hybridized carbons (Fsp3) is 0.455. The van der Waals surface area contributed by atoms with Crippen LogP contribution in [0.1, 0.15) is 0 Å².